The van der Waals surface area contributed by atoms with Crippen molar-refractivity contribution in [2.75, 3.05) is 0 Å². The second-order valence-electron chi connectivity index (χ2n) is 2.62. The molecule has 0 aromatic heterocycles. The van der Waals surface area contributed by atoms with Crippen molar-refractivity contribution in [1.82, 2.24) is 0 Å². The molecule has 0 aliphatic carbocycles. The Labute approximate surface area is 81.3 Å². The molecule has 2 N–H and O–H groups in total. The molecule has 1 amide bonds. The molecular weight excluding hydrogens is 186 g/mol. The number of hydrogen-bond acceptors (Lipinski definition) is 3. The third-order valence-electron chi connectivity index (χ3n) is 1.67. The van der Waals surface area contributed by atoms with Crippen molar-refractivity contribution in [1.29, 1.82) is 0 Å². The molecule has 13 heavy (non-hydrogen) atoms. The Morgan fingerprint density at radius 1 is 1.38 bits per heavy atom. The summed E-state index contributed by atoms with van der Waals surface area (Å²) < 4.78 is 0. The Morgan fingerprint density at radius 3 is 2.38 bits per heavy atom. The van der Waals surface area contributed by atoms with Crippen LogP contribution in [0, 0.1) is 0 Å². The monoisotopic (exact) mass is 195 g/mol. The van der Waals surface area contributed by atoms with Crippen molar-refractivity contribution in [3.8, 4) is 0 Å². The number of hydrogen-bond donors (Lipinski definition) is 2. The maximum absolute atomic E-state index is 11.1. The minimum Gasteiger partial charge on any atom is -0.366 e. The molecule has 1 aromatic rings. The molecule has 4 heteroatoms. The molecular formula is C9H9NO2S. The SMILES string of the molecule is CC(=O)c1cccc(S)c1C(N)=O. The number of nitrogens with two attached hydrogens (primary N) is 1. The number of primary amides is 1. The van der Waals surface area contributed by atoms with Crippen LogP contribution >= 0.6 is 12.6 Å². The zero-order valence-corrected chi connectivity index (χ0v) is 7.97. The van der Waals surface area contributed by atoms with E-state index in [1.807, 2.05) is 0 Å². The molecule has 0 aliphatic rings. The van der Waals surface area contributed by atoms with Crippen molar-refractivity contribution < 1.29 is 9.59 Å². The van der Waals surface area contributed by atoms with Crippen molar-refractivity contribution in [2.24, 2.45) is 5.73 Å². The lowest BCUT2D eigenvalue weighted by Crippen LogP contribution is -2.16. The predicted octanol–water partition coefficient (Wildman–Crippen LogP) is 1.28. The number of carbonyl (C=O) groups excluding carboxylic acids is 2. The van der Waals surface area contributed by atoms with Gasteiger partial charge in [-0.05, 0) is 13.0 Å². The van der Waals surface area contributed by atoms with E-state index in [0.29, 0.717) is 10.5 Å². The van der Waals surface area contributed by atoms with Crippen molar-refractivity contribution >= 4 is 24.3 Å². The first-order valence-electron chi connectivity index (χ1n) is 3.66. The summed E-state index contributed by atoms with van der Waals surface area (Å²) in [5.74, 6) is -0.819. The van der Waals surface area contributed by atoms with E-state index in [1.165, 1.54) is 6.92 Å². The van der Waals surface area contributed by atoms with Crippen LogP contribution in [0.1, 0.15) is 27.6 Å². The fourth-order valence-corrected chi connectivity index (χ4v) is 1.41. The summed E-state index contributed by atoms with van der Waals surface area (Å²) in [7, 11) is 0. The molecule has 1 rings (SSSR count). The highest BCUT2D eigenvalue weighted by Gasteiger charge is 2.13. The third kappa shape index (κ3) is 1.89. The lowest BCUT2D eigenvalue weighted by Gasteiger charge is -2.04. The van der Waals surface area contributed by atoms with Gasteiger partial charge in [-0.15, -0.1) is 12.6 Å². The Hall–Kier alpha value is -1.29. The Balaban J connectivity index is 3.43. The maximum atomic E-state index is 11.1. The number of benzene rings is 1. The van der Waals surface area contributed by atoms with Gasteiger partial charge in [0, 0.05) is 10.5 Å². The molecule has 0 fully saturated rings. The standard InChI is InChI=1S/C9H9NO2S/c1-5(11)6-3-2-4-7(13)8(6)9(10)12/h2-4,13H,1H3,(H2,10,12). The van der Waals surface area contributed by atoms with Gasteiger partial charge in [0.2, 0.25) is 0 Å². The van der Waals surface area contributed by atoms with E-state index in [9.17, 15) is 9.59 Å². The number of ketones is 1. The lowest BCUT2D eigenvalue weighted by atomic mass is 10.0. The summed E-state index contributed by atoms with van der Waals surface area (Å²) in [6.07, 6.45) is 0. The molecule has 0 unspecified atom stereocenters. The summed E-state index contributed by atoms with van der Waals surface area (Å²) in [5.41, 5.74) is 5.63. The van der Waals surface area contributed by atoms with E-state index in [-0.39, 0.29) is 11.3 Å². The third-order valence-corrected chi connectivity index (χ3v) is 2.04. The Kier molecular flexibility index (Phi) is 2.72. The number of carbonyl (C=O) groups is 2. The first-order chi connectivity index (χ1) is 6.04. The van der Waals surface area contributed by atoms with Crippen LogP contribution in [0.2, 0.25) is 0 Å². The highest BCUT2D eigenvalue weighted by atomic mass is 32.1. The zero-order chi connectivity index (χ0) is 10.0. The minimum atomic E-state index is -0.629. The average Bonchev–Trinajstić information content (AvgIpc) is 2.02. The molecule has 0 bridgehead atoms. The van der Waals surface area contributed by atoms with Crippen LogP contribution in [0.15, 0.2) is 23.1 Å². The molecule has 0 saturated heterocycles. The van der Waals surface area contributed by atoms with Gasteiger partial charge in [-0.2, -0.15) is 0 Å². The summed E-state index contributed by atoms with van der Waals surface area (Å²) in [6.45, 7) is 1.38. The highest BCUT2D eigenvalue weighted by molar-refractivity contribution is 7.80. The molecule has 0 spiro atoms. The summed E-state index contributed by atoms with van der Waals surface area (Å²) in [5, 5.41) is 0. The second kappa shape index (κ2) is 3.62. The maximum Gasteiger partial charge on any atom is 0.250 e. The largest absolute Gasteiger partial charge is 0.366 e. The first kappa shape index (κ1) is 9.80. The highest BCUT2D eigenvalue weighted by Crippen LogP contribution is 2.18. The molecule has 1 aromatic carbocycles. The lowest BCUT2D eigenvalue weighted by molar-refractivity contribution is 0.0971. The van der Waals surface area contributed by atoms with E-state index >= 15 is 0 Å². The quantitative estimate of drug-likeness (QED) is 0.551. The minimum absolute atomic E-state index is 0.190. The summed E-state index contributed by atoms with van der Waals surface area (Å²) in [6, 6.07) is 4.84. The number of rotatable bonds is 2. The number of thiol groups is 1. The van der Waals surface area contributed by atoms with Gasteiger partial charge in [0.1, 0.15) is 0 Å². The van der Waals surface area contributed by atoms with Gasteiger partial charge in [-0.3, -0.25) is 9.59 Å². The molecule has 3 nitrogen and oxygen atoms in total. The van der Waals surface area contributed by atoms with Gasteiger partial charge in [0.05, 0.1) is 5.56 Å². The van der Waals surface area contributed by atoms with E-state index in [4.69, 9.17) is 5.73 Å². The molecule has 0 saturated carbocycles. The van der Waals surface area contributed by atoms with Crippen LogP contribution in [0.25, 0.3) is 0 Å². The molecule has 68 valence electrons. The smallest absolute Gasteiger partial charge is 0.250 e. The molecule has 0 heterocycles. The van der Waals surface area contributed by atoms with Crippen LogP contribution in [0.3, 0.4) is 0 Å². The van der Waals surface area contributed by atoms with Gasteiger partial charge < -0.3 is 5.73 Å². The van der Waals surface area contributed by atoms with Crippen molar-refractivity contribution in [3.63, 3.8) is 0 Å². The van der Waals surface area contributed by atoms with Gasteiger partial charge >= 0.3 is 0 Å². The van der Waals surface area contributed by atoms with Crippen LogP contribution in [-0.2, 0) is 0 Å². The van der Waals surface area contributed by atoms with Crippen molar-refractivity contribution in [3.05, 3.63) is 29.3 Å². The average molecular weight is 195 g/mol. The van der Waals surface area contributed by atoms with E-state index in [2.05, 4.69) is 12.6 Å². The van der Waals surface area contributed by atoms with Gasteiger partial charge in [-0.25, -0.2) is 0 Å². The summed E-state index contributed by atoms with van der Waals surface area (Å²) in [4.78, 5) is 22.5. The van der Waals surface area contributed by atoms with Gasteiger partial charge in [-0.1, -0.05) is 12.1 Å². The van der Waals surface area contributed by atoms with E-state index in [1.54, 1.807) is 18.2 Å². The molecule has 0 aliphatic heterocycles. The van der Waals surface area contributed by atoms with Crippen LogP contribution < -0.4 is 5.73 Å². The zero-order valence-electron chi connectivity index (χ0n) is 7.07. The van der Waals surface area contributed by atoms with E-state index in [0.717, 1.165) is 0 Å². The van der Waals surface area contributed by atoms with E-state index < -0.39 is 5.91 Å². The predicted molar refractivity (Wildman–Crippen MR) is 52.2 cm³/mol. The topological polar surface area (TPSA) is 60.2 Å². The summed E-state index contributed by atoms with van der Waals surface area (Å²) >= 11 is 4.05. The Morgan fingerprint density at radius 2 is 2.00 bits per heavy atom. The van der Waals surface area contributed by atoms with Crippen LogP contribution in [0.5, 0.6) is 0 Å². The van der Waals surface area contributed by atoms with Crippen LogP contribution in [-0.4, -0.2) is 11.7 Å². The number of Topliss-reactive ketones (excluding diaryl/α,β-unsaturated/α-hetero) is 1. The first-order valence-corrected chi connectivity index (χ1v) is 4.11. The van der Waals surface area contributed by atoms with Crippen LogP contribution in [0.4, 0.5) is 0 Å². The fourth-order valence-electron chi connectivity index (χ4n) is 1.09. The second-order valence-corrected chi connectivity index (χ2v) is 3.10. The molecule has 0 radical (unpaired) electrons. The Bertz CT molecular complexity index is 374. The fraction of sp³-hybridized carbons (Fsp3) is 0.111. The normalized spacial score (nSPS) is 9.69. The molecule has 0 atom stereocenters. The van der Waals surface area contributed by atoms with Gasteiger partial charge in [0.25, 0.3) is 5.91 Å². The van der Waals surface area contributed by atoms with Crippen molar-refractivity contribution in [2.45, 2.75) is 11.8 Å². The number of amides is 1. The van der Waals surface area contributed by atoms with Gasteiger partial charge in [0.15, 0.2) is 5.78 Å².